The van der Waals surface area contributed by atoms with E-state index in [0.29, 0.717) is 0 Å². The molecule has 21 heavy (non-hydrogen) atoms. The van der Waals surface area contributed by atoms with Crippen molar-refractivity contribution >= 4 is 11.9 Å². The summed E-state index contributed by atoms with van der Waals surface area (Å²) in [5.41, 5.74) is 0. The van der Waals surface area contributed by atoms with E-state index in [-0.39, 0.29) is 12.8 Å². The summed E-state index contributed by atoms with van der Waals surface area (Å²) in [4.78, 5) is 34.7. The zero-order chi connectivity index (χ0) is 14.7. The summed E-state index contributed by atoms with van der Waals surface area (Å²) < 4.78 is 0. The van der Waals surface area contributed by atoms with E-state index in [1.165, 1.54) is 0 Å². The number of hydrogen-bond acceptors (Lipinski definition) is 2. The number of aliphatic carboxylic acids is 2. The van der Waals surface area contributed by atoms with Crippen molar-refractivity contribution in [2.75, 3.05) is 0 Å². The second-order valence-corrected chi connectivity index (χ2v) is 35.0. The Balaban J connectivity index is 0.0000000778. The topological polar surface area (TPSA) is 74.6 Å². The predicted molar refractivity (Wildman–Crippen MR) is 73.4 cm³/mol. The van der Waals surface area contributed by atoms with Gasteiger partial charge in [0.05, 0.1) is 0 Å². The molecule has 10 saturated heterocycles. The van der Waals surface area contributed by atoms with Crippen molar-refractivity contribution in [3.8, 4) is 0 Å². The van der Waals surface area contributed by atoms with E-state index < -0.39 is 18.4 Å². The second kappa shape index (κ2) is 0.975. The van der Waals surface area contributed by atoms with Crippen LogP contribution in [-0.4, -0.2) is 22.2 Å². The quantitative estimate of drug-likeness (QED) is 0.737. The van der Waals surface area contributed by atoms with Gasteiger partial charge in [0.2, 0.25) is 0 Å². The standard InChI is InChI=1S/2C5H5.2C3H6O2.Fe/c2*1-2-4-5-3-1;2*1-2-3(4)5;/h2*1-5H;2*2H2,1H3,(H,4,5);. The maximum atomic E-state index is 9.37. The van der Waals surface area contributed by atoms with Crippen LogP contribution in [0.15, 0.2) is 0 Å². The zero-order valence-corrected chi connectivity index (χ0v) is 13.4. The summed E-state index contributed by atoms with van der Waals surface area (Å²) in [7, 11) is 0. The first-order valence-corrected chi connectivity index (χ1v) is 14.7. The van der Waals surface area contributed by atoms with Gasteiger partial charge < -0.3 is 10.2 Å². The van der Waals surface area contributed by atoms with Crippen LogP contribution in [0.4, 0.5) is 0 Å². The molecule has 0 aromatic rings. The third-order valence-electron chi connectivity index (χ3n) is 15.1. The van der Waals surface area contributed by atoms with Crippen LogP contribution in [0.2, 0.25) is 48.2 Å². The van der Waals surface area contributed by atoms with Gasteiger partial charge in [-0.1, -0.05) is 13.8 Å². The Morgan fingerprint density at radius 1 is 0.667 bits per heavy atom. The fourth-order valence-electron chi connectivity index (χ4n) is 15.8. The van der Waals surface area contributed by atoms with Gasteiger partial charge in [-0.3, -0.25) is 9.59 Å². The number of carboxylic acids is 2. The SMILES string of the molecule is CCC(=O)O.CCC(=O)O.[CH]12[CH]3[CH]4[CH]5[CH]1[Fe]23451678[CH]2[CH]1[CH]6[CH]7[CH]28. The molecular weight excluding hydrogens is 312 g/mol. The molecule has 0 amide bonds. The van der Waals surface area contributed by atoms with Crippen molar-refractivity contribution in [3.63, 3.8) is 0 Å². The molecule has 5 heteroatoms. The Morgan fingerprint density at radius 2 is 0.810 bits per heavy atom. The predicted octanol–water partition coefficient (Wildman–Crippen LogP) is 4.34. The molecule has 10 aliphatic heterocycles. The van der Waals surface area contributed by atoms with Gasteiger partial charge in [0.1, 0.15) is 0 Å². The van der Waals surface area contributed by atoms with Crippen molar-refractivity contribution < 1.29 is 26.3 Å². The van der Waals surface area contributed by atoms with Gasteiger partial charge in [0, 0.05) is 12.8 Å². The molecule has 1 spiro atoms. The number of fused-ring (bicyclic) bond motifs is 10. The molecular formula is C16H22FeO4. The van der Waals surface area contributed by atoms with Crippen molar-refractivity contribution in [3.05, 3.63) is 0 Å². The Hall–Kier alpha value is -0.541. The monoisotopic (exact) mass is 334 g/mol. The molecule has 0 unspecified atom stereocenters. The molecule has 0 atom stereocenters. The van der Waals surface area contributed by atoms with Crippen molar-refractivity contribution in [1.82, 2.24) is 0 Å². The third kappa shape index (κ3) is 0.143. The van der Waals surface area contributed by atoms with Crippen LogP contribution >= 0.6 is 0 Å². The van der Waals surface area contributed by atoms with E-state index in [1.807, 2.05) is 0 Å². The van der Waals surface area contributed by atoms with Gasteiger partial charge in [-0.15, -0.1) is 0 Å². The van der Waals surface area contributed by atoms with E-state index in [9.17, 15) is 9.59 Å². The molecule has 0 saturated carbocycles. The van der Waals surface area contributed by atoms with E-state index in [4.69, 9.17) is 10.2 Å². The van der Waals surface area contributed by atoms with Gasteiger partial charge in [0.15, 0.2) is 0 Å². The van der Waals surface area contributed by atoms with Crippen molar-refractivity contribution in [2.24, 2.45) is 0 Å². The fourth-order valence-corrected chi connectivity index (χ4v) is 88.0. The first kappa shape index (κ1) is 10.3. The van der Waals surface area contributed by atoms with Gasteiger partial charge in [0.25, 0.3) is 0 Å². The Morgan fingerprint density at radius 3 is 0.810 bits per heavy atom. The van der Waals surface area contributed by atoms with Crippen LogP contribution in [0.1, 0.15) is 26.7 Å². The molecule has 0 radical (unpaired) electrons. The van der Waals surface area contributed by atoms with E-state index in [0.717, 1.165) is 0 Å². The minimum absolute atomic E-state index is 0.222. The van der Waals surface area contributed by atoms with Gasteiger partial charge in [-0.25, -0.2) is 0 Å². The summed E-state index contributed by atoms with van der Waals surface area (Å²) in [6, 6.07) is 0. The molecule has 10 aliphatic rings. The molecule has 4 nitrogen and oxygen atoms in total. The molecule has 0 aliphatic carbocycles. The summed E-state index contributed by atoms with van der Waals surface area (Å²) in [5, 5.41) is 15.4. The van der Waals surface area contributed by atoms with E-state index >= 15 is 0 Å². The molecule has 10 heterocycles. The number of hydrogen-bond donors (Lipinski definition) is 2. The molecule has 0 bridgehead atoms. The number of carboxylic acid groups (broad SMARTS) is 2. The number of carbonyl (C=O) groups is 2. The van der Waals surface area contributed by atoms with Crippen LogP contribution in [0.5, 0.6) is 0 Å². The van der Waals surface area contributed by atoms with Crippen molar-refractivity contribution in [1.29, 1.82) is 0 Å². The molecule has 2 N–H and O–H groups in total. The number of rotatable bonds is 2. The summed E-state index contributed by atoms with van der Waals surface area (Å²) in [6.45, 7) is 0.916. The molecule has 10 fully saturated rings. The average Bonchev–Trinajstić information content (AvgIpc) is 3.40. The van der Waals surface area contributed by atoms with Gasteiger partial charge >= 0.3 is 66.6 Å². The van der Waals surface area contributed by atoms with Gasteiger partial charge in [-0.05, 0) is 0 Å². The normalized spacial score (nSPS) is 93.0. The van der Waals surface area contributed by atoms with Gasteiger partial charge in [-0.2, -0.15) is 0 Å². The third-order valence-corrected chi connectivity index (χ3v) is 57.1. The first-order valence-electron chi connectivity index (χ1n) is 8.35. The van der Waals surface area contributed by atoms with E-state index in [2.05, 4.69) is 0 Å². The first-order chi connectivity index (χ1) is 9.70. The van der Waals surface area contributed by atoms with Crippen LogP contribution in [0.25, 0.3) is 0 Å². The molecule has 10 rings (SSSR count). The van der Waals surface area contributed by atoms with Crippen LogP contribution in [0, 0.1) is 0 Å². The average molecular weight is 334 g/mol. The zero-order valence-electron chi connectivity index (χ0n) is 12.3. The Labute approximate surface area is 113 Å². The molecule has 118 valence electrons. The van der Waals surface area contributed by atoms with Crippen LogP contribution < -0.4 is 0 Å². The summed E-state index contributed by atoms with van der Waals surface area (Å²) in [6.07, 6.45) is 0.444. The maximum absolute atomic E-state index is 9.37. The summed E-state index contributed by atoms with van der Waals surface area (Å²) >= 11 is 0. The van der Waals surface area contributed by atoms with Crippen LogP contribution in [-0.2, 0) is 16.1 Å². The van der Waals surface area contributed by atoms with Crippen LogP contribution in [0.3, 0.4) is 0 Å². The Kier molecular flexibility index (Phi) is 0.477. The molecule has 0 aromatic heterocycles. The summed E-state index contributed by atoms with van der Waals surface area (Å²) in [5.74, 6) is -1.49. The second-order valence-electron chi connectivity index (χ2n) is 11.1. The Bertz CT molecular complexity index is 784. The fraction of sp³-hybridized carbons (Fsp3) is 0.875. The van der Waals surface area contributed by atoms with E-state index in [1.54, 1.807) is 62.0 Å². The molecule has 0 aromatic carbocycles. The van der Waals surface area contributed by atoms with Crippen molar-refractivity contribution in [2.45, 2.75) is 74.9 Å². The minimum atomic E-state index is -2.28.